The molecule has 2 amide bonds. The number of ether oxygens (including phenoxy) is 1. The molecule has 0 spiro atoms. The van der Waals surface area contributed by atoms with E-state index >= 15 is 0 Å². The van der Waals surface area contributed by atoms with E-state index in [1.165, 1.54) is 0 Å². The molecule has 1 fully saturated rings. The highest BCUT2D eigenvalue weighted by Crippen LogP contribution is 2.27. The number of nitrogens with zero attached hydrogens (tertiary/aromatic N) is 1. The van der Waals surface area contributed by atoms with E-state index in [-0.39, 0.29) is 11.8 Å². The summed E-state index contributed by atoms with van der Waals surface area (Å²) in [5, 5.41) is 2.96. The predicted octanol–water partition coefficient (Wildman–Crippen LogP) is 2.90. The van der Waals surface area contributed by atoms with Crippen molar-refractivity contribution in [2.45, 2.75) is 65.4 Å². The molecule has 5 heteroatoms. The first-order valence-corrected chi connectivity index (χ1v) is 9.05. The summed E-state index contributed by atoms with van der Waals surface area (Å²) in [6.45, 7) is 13.7. The van der Waals surface area contributed by atoms with Gasteiger partial charge in [0.15, 0.2) is 0 Å². The van der Waals surface area contributed by atoms with E-state index in [9.17, 15) is 9.59 Å². The molecule has 1 aliphatic heterocycles. The second kappa shape index (κ2) is 9.21. The van der Waals surface area contributed by atoms with Gasteiger partial charge in [-0.25, -0.2) is 0 Å². The van der Waals surface area contributed by atoms with Gasteiger partial charge in [-0.05, 0) is 19.8 Å². The molecule has 0 aliphatic carbocycles. The van der Waals surface area contributed by atoms with Crippen LogP contribution in [0.4, 0.5) is 0 Å². The number of hydrogen-bond acceptors (Lipinski definition) is 3. The van der Waals surface area contributed by atoms with E-state index in [0.717, 1.165) is 19.3 Å². The van der Waals surface area contributed by atoms with E-state index in [1.807, 2.05) is 25.7 Å². The molecule has 1 N–H and O–H groups in total. The molecule has 1 aliphatic rings. The summed E-state index contributed by atoms with van der Waals surface area (Å²) < 4.78 is 5.87. The van der Waals surface area contributed by atoms with Crippen LogP contribution in [0.15, 0.2) is 12.7 Å². The van der Waals surface area contributed by atoms with Gasteiger partial charge in [0.05, 0.1) is 13.2 Å². The summed E-state index contributed by atoms with van der Waals surface area (Å²) in [7, 11) is 0. The molecule has 0 radical (unpaired) electrons. The third-order valence-corrected chi connectivity index (χ3v) is 4.52. The van der Waals surface area contributed by atoms with Gasteiger partial charge < -0.3 is 15.0 Å². The fourth-order valence-corrected chi connectivity index (χ4v) is 3.00. The van der Waals surface area contributed by atoms with Crippen LogP contribution in [0, 0.1) is 5.41 Å². The third-order valence-electron chi connectivity index (χ3n) is 4.52. The van der Waals surface area contributed by atoms with Gasteiger partial charge in [0, 0.05) is 24.9 Å². The minimum atomic E-state index is -0.529. The Balaban J connectivity index is 2.55. The number of hydrogen-bond donors (Lipinski definition) is 1. The highest BCUT2D eigenvalue weighted by molar-refractivity contribution is 5.82. The van der Waals surface area contributed by atoms with Gasteiger partial charge >= 0.3 is 0 Å². The summed E-state index contributed by atoms with van der Waals surface area (Å²) in [5.41, 5.74) is -0.984. The molecule has 0 aromatic heterocycles. The fraction of sp³-hybridized carbons (Fsp3) is 0.789. The minimum absolute atomic E-state index is 0.0590. The molecule has 0 aromatic rings. The molecule has 1 unspecified atom stereocenters. The van der Waals surface area contributed by atoms with E-state index in [4.69, 9.17) is 4.74 Å². The lowest BCUT2D eigenvalue weighted by Gasteiger charge is -2.43. The lowest BCUT2D eigenvalue weighted by Crippen LogP contribution is -2.58. The van der Waals surface area contributed by atoms with Crippen LogP contribution in [0.25, 0.3) is 0 Å². The van der Waals surface area contributed by atoms with Crippen molar-refractivity contribution in [3.8, 4) is 0 Å². The number of amides is 2. The first-order valence-electron chi connectivity index (χ1n) is 9.05. The molecule has 1 heterocycles. The van der Waals surface area contributed by atoms with Gasteiger partial charge in [-0.1, -0.05) is 39.7 Å². The van der Waals surface area contributed by atoms with E-state index < -0.39 is 11.0 Å². The van der Waals surface area contributed by atoms with Crippen LogP contribution in [0.1, 0.15) is 59.8 Å². The Bertz CT molecular complexity index is 448. The van der Waals surface area contributed by atoms with Crippen molar-refractivity contribution in [1.29, 1.82) is 0 Å². The number of carbonyl (C=O) groups is 2. The standard InChI is InChI=1S/C19H34N2O3/c1-6-8-9-10-16(22)20-14-19(5)15-21(12-13-24-19)17(23)18(3,4)11-7-2/h7H,2,6,8-15H2,1,3-5H3,(H,20,22). The van der Waals surface area contributed by atoms with Crippen LogP contribution < -0.4 is 5.32 Å². The average molecular weight is 338 g/mol. The highest BCUT2D eigenvalue weighted by atomic mass is 16.5. The minimum Gasteiger partial charge on any atom is -0.370 e. The number of allylic oxidation sites excluding steroid dienone is 1. The van der Waals surface area contributed by atoms with Gasteiger partial charge in [-0.2, -0.15) is 0 Å². The Labute approximate surface area is 146 Å². The van der Waals surface area contributed by atoms with Crippen molar-refractivity contribution >= 4 is 11.8 Å². The van der Waals surface area contributed by atoms with Gasteiger partial charge in [-0.3, -0.25) is 9.59 Å². The molecule has 0 saturated carbocycles. The topological polar surface area (TPSA) is 58.6 Å². The second-order valence-electron chi connectivity index (χ2n) is 7.64. The summed E-state index contributed by atoms with van der Waals surface area (Å²) in [6, 6.07) is 0. The zero-order valence-electron chi connectivity index (χ0n) is 15.8. The van der Waals surface area contributed by atoms with E-state index in [1.54, 1.807) is 6.08 Å². The van der Waals surface area contributed by atoms with Gasteiger partial charge in [0.2, 0.25) is 11.8 Å². The SMILES string of the molecule is C=CCC(C)(C)C(=O)N1CCOC(C)(CNC(=O)CCCCC)C1. The highest BCUT2D eigenvalue weighted by Gasteiger charge is 2.38. The zero-order valence-corrected chi connectivity index (χ0v) is 15.8. The normalized spacial score (nSPS) is 21.4. The Morgan fingerprint density at radius 2 is 2.08 bits per heavy atom. The summed E-state index contributed by atoms with van der Waals surface area (Å²) in [5.74, 6) is 0.176. The lowest BCUT2D eigenvalue weighted by molar-refractivity contribution is -0.156. The van der Waals surface area contributed by atoms with Crippen LogP contribution in [0.5, 0.6) is 0 Å². The van der Waals surface area contributed by atoms with E-state index in [2.05, 4.69) is 18.8 Å². The molecule has 1 atom stereocenters. The maximum atomic E-state index is 12.7. The van der Waals surface area contributed by atoms with Crippen molar-refractivity contribution in [1.82, 2.24) is 10.2 Å². The largest absolute Gasteiger partial charge is 0.370 e. The maximum absolute atomic E-state index is 12.7. The van der Waals surface area contributed by atoms with Gasteiger partial charge in [0.1, 0.15) is 5.60 Å². The molecule has 0 aromatic carbocycles. The molecular formula is C19H34N2O3. The van der Waals surface area contributed by atoms with Crippen molar-refractivity contribution in [3.05, 3.63) is 12.7 Å². The van der Waals surface area contributed by atoms with Gasteiger partial charge in [-0.15, -0.1) is 6.58 Å². The Morgan fingerprint density at radius 3 is 2.71 bits per heavy atom. The molecule has 24 heavy (non-hydrogen) atoms. The maximum Gasteiger partial charge on any atom is 0.228 e. The molecular weight excluding hydrogens is 304 g/mol. The quantitative estimate of drug-likeness (QED) is 0.519. The van der Waals surface area contributed by atoms with Crippen LogP contribution >= 0.6 is 0 Å². The molecule has 5 nitrogen and oxygen atoms in total. The summed E-state index contributed by atoms with van der Waals surface area (Å²) in [4.78, 5) is 26.5. The van der Waals surface area contributed by atoms with E-state index in [0.29, 0.717) is 39.1 Å². The smallest absolute Gasteiger partial charge is 0.228 e. The van der Waals surface area contributed by atoms with Crippen LogP contribution in [0.3, 0.4) is 0 Å². The molecule has 1 saturated heterocycles. The lowest BCUT2D eigenvalue weighted by atomic mass is 9.87. The molecule has 138 valence electrons. The first-order chi connectivity index (χ1) is 11.2. The number of unbranched alkanes of at least 4 members (excludes halogenated alkanes) is 2. The van der Waals surface area contributed by atoms with Crippen molar-refractivity contribution < 1.29 is 14.3 Å². The Kier molecular flexibility index (Phi) is 7.94. The molecule has 1 rings (SSSR count). The monoisotopic (exact) mass is 338 g/mol. The van der Waals surface area contributed by atoms with Crippen molar-refractivity contribution in [2.75, 3.05) is 26.2 Å². The number of carbonyl (C=O) groups excluding carboxylic acids is 2. The fourth-order valence-electron chi connectivity index (χ4n) is 3.00. The summed E-state index contributed by atoms with van der Waals surface area (Å²) >= 11 is 0. The van der Waals surface area contributed by atoms with Crippen molar-refractivity contribution in [3.63, 3.8) is 0 Å². The van der Waals surface area contributed by atoms with Crippen LogP contribution in [0.2, 0.25) is 0 Å². The first kappa shape index (κ1) is 20.7. The van der Waals surface area contributed by atoms with Gasteiger partial charge in [0.25, 0.3) is 0 Å². The number of nitrogens with one attached hydrogen (secondary N) is 1. The van der Waals surface area contributed by atoms with Crippen LogP contribution in [-0.2, 0) is 14.3 Å². The predicted molar refractivity (Wildman–Crippen MR) is 96.7 cm³/mol. The molecule has 0 bridgehead atoms. The third kappa shape index (κ3) is 6.27. The second-order valence-corrected chi connectivity index (χ2v) is 7.64. The average Bonchev–Trinajstić information content (AvgIpc) is 2.52. The number of rotatable bonds is 9. The number of morpholine rings is 1. The zero-order chi connectivity index (χ0) is 18.2. The van der Waals surface area contributed by atoms with Crippen LogP contribution in [-0.4, -0.2) is 48.6 Å². The Hall–Kier alpha value is -1.36. The Morgan fingerprint density at radius 1 is 1.38 bits per heavy atom. The summed E-state index contributed by atoms with van der Waals surface area (Å²) in [6.07, 6.45) is 6.08. The van der Waals surface area contributed by atoms with Crippen molar-refractivity contribution in [2.24, 2.45) is 5.41 Å².